The third kappa shape index (κ3) is 4.17. The van der Waals surface area contributed by atoms with Crippen molar-refractivity contribution in [1.29, 1.82) is 0 Å². The molecule has 5 rings (SSSR count). The van der Waals surface area contributed by atoms with Gasteiger partial charge in [0, 0.05) is 80.6 Å². The lowest BCUT2D eigenvalue weighted by molar-refractivity contribution is 0.0942. The summed E-state index contributed by atoms with van der Waals surface area (Å²) < 4.78 is 6.68. The number of carbonyl (C=O) groups is 1. The predicted molar refractivity (Wildman–Crippen MR) is 128 cm³/mol. The molecule has 0 spiro atoms. The van der Waals surface area contributed by atoms with Gasteiger partial charge in [-0.25, -0.2) is 9.29 Å². The lowest BCUT2D eigenvalue weighted by atomic mass is 10.2. The lowest BCUT2D eigenvalue weighted by Gasteiger charge is -2.27. The molecule has 0 aliphatic carbocycles. The number of hydrogen-bond acceptors (Lipinski definition) is 5. The maximum absolute atomic E-state index is 13.1. The second-order valence-corrected chi connectivity index (χ2v) is 9.69. The molecule has 1 saturated heterocycles. The minimum Gasteiger partial charge on any atom is -0.356 e. The summed E-state index contributed by atoms with van der Waals surface area (Å²) in [6.45, 7) is 7.54. The van der Waals surface area contributed by atoms with Gasteiger partial charge in [-0.3, -0.25) is 4.79 Å². The van der Waals surface area contributed by atoms with E-state index in [4.69, 9.17) is 0 Å². The van der Waals surface area contributed by atoms with Gasteiger partial charge in [0.2, 0.25) is 0 Å². The number of hydrogen-bond donors (Lipinski definition) is 1. The van der Waals surface area contributed by atoms with E-state index in [1.54, 1.807) is 11.9 Å². The van der Waals surface area contributed by atoms with Crippen molar-refractivity contribution in [3.63, 3.8) is 0 Å². The molecule has 5 heterocycles. The Bertz CT molecular complexity index is 1110. The molecule has 0 aromatic carbocycles. The second kappa shape index (κ2) is 9.03. The summed E-state index contributed by atoms with van der Waals surface area (Å²) in [5.74, 6) is 0.950. The molecule has 1 amide bonds. The Labute approximate surface area is 193 Å². The van der Waals surface area contributed by atoms with Crippen LogP contribution in [0.5, 0.6) is 0 Å². The van der Waals surface area contributed by atoms with Crippen LogP contribution in [0.1, 0.15) is 40.3 Å². The number of nitrogens with zero attached hydrogens (tertiary/aromatic N) is 5. The van der Waals surface area contributed by atoms with Gasteiger partial charge in [0.1, 0.15) is 11.5 Å². The van der Waals surface area contributed by atoms with Gasteiger partial charge in [0.05, 0.1) is 0 Å². The predicted octanol–water partition coefficient (Wildman–Crippen LogP) is 3.58. The third-order valence-corrected chi connectivity index (χ3v) is 7.69. The van der Waals surface area contributed by atoms with Crippen molar-refractivity contribution in [3.8, 4) is 0 Å². The zero-order valence-electron chi connectivity index (χ0n) is 18.8. The van der Waals surface area contributed by atoms with Crippen molar-refractivity contribution in [2.24, 2.45) is 7.05 Å². The second-order valence-electron chi connectivity index (χ2n) is 8.55. The molecule has 0 saturated carbocycles. The Balaban J connectivity index is 1.26. The highest BCUT2D eigenvalue weighted by Gasteiger charge is 2.22. The summed E-state index contributed by atoms with van der Waals surface area (Å²) in [4.78, 5) is 21.1. The van der Waals surface area contributed by atoms with E-state index in [-0.39, 0.29) is 5.91 Å². The molecule has 3 aromatic heterocycles. The molecule has 168 valence electrons. The number of nitrogens with one attached hydrogen (secondary N) is 1. The number of anilines is 1. The van der Waals surface area contributed by atoms with Crippen molar-refractivity contribution in [2.45, 2.75) is 44.3 Å². The molecule has 1 N–H and O–H groups in total. The quantitative estimate of drug-likeness (QED) is 0.582. The molecular formula is C24H30N6OS. The average Bonchev–Trinajstić information content (AvgIpc) is 3.55. The fourth-order valence-electron chi connectivity index (χ4n) is 4.54. The summed E-state index contributed by atoms with van der Waals surface area (Å²) in [6, 6.07) is 10.3. The van der Waals surface area contributed by atoms with E-state index < -0.39 is 0 Å². The topological polar surface area (TPSA) is 58.3 Å². The number of fused-ring (bicyclic) bond motifs is 1. The van der Waals surface area contributed by atoms with Crippen molar-refractivity contribution in [2.75, 3.05) is 24.5 Å². The first-order valence-electron chi connectivity index (χ1n) is 11.3. The number of amides is 1. The molecule has 8 heteroatoms. The largest absolute Gasteiger partial charge is 0.356 e. The van der Waals surface area contributed by atoms with Crippen LogP contribution in [0, 0.1) is 6.92 Å². The van der Waals surface area contributed by atoms with Gasteiger partial charge in [-0.15, -0.1) is 0 Å². The molecular weight excluding hydrogens is 420 g/mol. The molecule has 2 aliphatic rings. The molecule has 0 unspecified atom stereocenters. The fraction of sp³-hybridized carbons (Fsp3) is 0.417. The summed E-state index contributed by atoms with van der Waals surface area (Å²) in [7, 11) is 1.97. The summed E-state index contributed by atoms with van der Waals surface area (Å²) in [6.07, 6.45) is 6.38. The monoisotopic (exact) mass is 450 g/mol. The van der Waals surface area contributed by atoms with E-state index in [0.717, 1.165) is 54.7 Å². The van der Waals surface area contributed by atoms with E-state index in [0.29, 0.717) is 12.2 Å². The first-order valence-corrected chi connectivity index (χ1v) is 12.1. The number of aromatic nitrogens is 3. The van der Waals surface area contributed by atoms with Gasteiger partial charge in [-0.1, -0.05) is 6.07 Å². The molecule has 3 aromatic rings. The van der Waals surface area contributed by atoms with Crippen LogP contribution in [0.25, 0.3) is 0 Å². The first-order chi connectivity index (χ1) is 15.6. The van der Waals surface area contributed by atoms with Crippen molar-refractivity contribution in [1.82, 2.24) is 23.7 Å². The molecule has 1 fully saturated rings. The van der Waals surface area contributed by atoms with Crippen LogP contribution in [-0.4, -0.2) is 44.0 Å². The Morgan fingerprint density at radius 2 is 2.00 bits per heavy atom. The summed E-state index contributed by atoms with van der Waals surface area (Å²) >= 11 is 1.75. The van der Waals surface area contributed by atoms with Crippen molar-refractivity contribution >= 4 is 23.7 Å². The Kier molecular flexibility index (Phi) is 5.97. The van der Waals surface area contributed by atoms with Gasteiger partial charge in [-0.05, 0) is 56.0 Å². The summed E-state index contributed by atoms with van der Waals surface area (Å²) in [5.41, 5.74) is 4.21. The van der Waals surface area contributed by atoms with Crippen LogP contribution < -0.4 is 10.2 Å². The molecule has 2 aliphatic heterocycles. The summed E-state index contributed by atoms with van der Waals surface area (Å²) in [5, 5.41) is 3.12. The minimum absolute atomic E-state index is 0.0498. The highest BCUT2D eigenvalue weighted by molar-refractivity contribution is 7.97. The standard InChI is InChI=1S/C24H30N6OS/c1-18-22(32-30-14-13-28-12-6-8-20(28)17-30)15-21(27(18)2)24(31)26-16-19-7-5-9-25-23(19)29-10-3-4-11-29/h5-9,12,15H,3-4,10-11,13-14,16-17H2,1-2H3,(H,26,31). The van der Waals surface area contributed by atoms with E-state index >= 15 is 0 Å². The minimum atomic E-state index is -0.0498. The third-order valence-electron chi connectivity index (χ3n) is 6.51. The van der Waals surface area contributed by atoms with Crippen LogP contribution in [0.4, 0.5) is 5.82 Å². The molecule has 32 heavy (non-hydrogen) atoms. The van der Waals surface area contributed by atoms with Crippen LogP contribution in [0.3, 0.4) is 0 Å². The van der Waals surface area contributed by atoms with Gasteiger partial charge in [-0.2, -0.15) is 0 Å². The molecule has 0 bridgehead atoms. The zero-order valence-corrected chi connectivity index (χ0v) is 19.6. The fourth-order valence-corrected chi connectivity index (χ4v) is 5.62. The maximum Gasteiger partial charge on any atom is 0.268 e. The van der Waals surface area contributed by atoms with Crippen LogP contribution in [0.2, 0.25) is 0 Å². The van der Waals surface area contributed by atoms with E-state index in [1.165, 1.54) is 18.5 Å². The van der Waals surface area contributed by atoms with E-state index in [9.17, 15) is 4.79 Å². The smallest absolute Gasteiger partial charge is 0.268 e. The van der Waals surface area contributed by atoms with Crippen molar-refractivity contribution in [3.05, 3.63) is 65.4 Å². The van der Waals surface area contributed by atoms with Crippen LogP contribution >= 0.6 is 11.9 Å². The van der Waals surface area contributed by atoms with Gasteiger partial charge < -0.3 is 19.4 Å². The average molecular weight is 451 g/mol. The number of rotatable bonds is 6. The number of pyridine rings is 1. The normalized spacial score (nSPS) is 16.4. The van der Waals surface area contributed by atoms with Gasteiger partial charge >= 0.3 is 0 Å². The lowest BCUT2D eigenvalue weighted by Crippen LogP contribution is -2.27. The Morgan fingerprint density at radius 1 is 1.16 bits per heavy atom. The zero-order chi connectivity index (χ0) is 22.1. The Morgan fingerprint density at radius 3 is 2.84 bits per heavy atom. The highest BCUT2D eigenvalue weighted by atomic mass is 32.2. The molecule has 0 radical (unpaired) electrons. The van der Waals surface area contributed by atoms with Gasteiger partial charge in [0.15, 0.2) is 0 Å². The highest BCUT2D eigenvalue weighted by Crippen LogP contribution is 2.31. The van der Waals surface area contributed by atoms with Crippen LogP contribution in [-0.2, 0) is 26.7 Å². The SMILES string of the molecule is Cc1c(SN2CCn3cccc3C2)cc(C(=O)NCc2cccnc2N2CCCC2)n1C. The van der Waals surface area contributed by atoms with Crippen LogP contribution in [0.15, 0.2) is 47.6 Å². The van der Waals surface area contributed by atoms with Crippen molar-refractivity contribution < 1.29 is 4.79 Å². The molecule has 7 nitrogen and oxygen atoms in total. The Hall–Kier alpha value is -2.71. The van der Waals surface area contributed by atoms with E-state index in [2.05, 4.69) is 55.4 Å². The van der Waals surface area contributed by atoms with E-state index in [1.807, 2.05) is 29.9 Å². The first kappa shape index (κ1) is 21.2. The number of carbonyl (C=O) groups excluding carboxylic acids is 1. The maximum atomic E-state index is 13.1. The molecule has 0 atom stereocenters. The van der Waals surface area contributed by atoms with Gasteiger partial charge in [0.25, 0.3) is 5.91 Å².